The highest BCUT2D eigenvalue weighted by molar-refractivity contribution is 7.17. The second kappa shape index (κ2) is 5.02. The van der Waals surface area contributed by atoms with E-state index in [1.54, 1.807) is 6.07 Å². The Labute approximate surface area is 123 Å². The van der Waals surface area contributed by atoms with Gasteiger partial charge in [0.25, 0.3) is 11.8 Å². The molecule has 0 saturated carbocycles. The van der Waals surface area contributed by atoms with Crippen LogP contribution in [-0.4, -0.2) is 16.8 Å². The molecule has 7 heteroatoms. The van der Waals surface area contributed by atoms with Gasteiger partial charge in [-0.3, -0.25) is 14.9 Å². The molecule has 0 bridgehead atoms. The Bertz CT molecular complexity index is 850. The molecule has 2 aromatic heterocycles. The molecule has 3 rings (SSSR count). The number of fused-ring (bicyclic) bond motifs is 1. The van der Waals surface area contributed by atoms with Gasteiger partial charge in [0.2, 0.25) is 0 Å². The van der Waals surface area contributed by atoms with E-state index in [2.05, 4.69) is 10.3 Å². The number of rotatable bonds is 3. The van der Waals surface area contributed by atoms with E-state index < -0.39 is 11.8 Å². The first-order valence-electron chi connectivity index (χ1n) is 6.11. The lowest BCUT2D eigenvalue weighted by Gasteiger charge is -1.98. The molecule has 21 heavy (non-hydrogen) atoms. The van der Waals surface area contributed by atoms with Crippen molar-refractivity contribution in [3.63, 3.8) is 0 Å². The van der Waals surface area contributed by atoms with Gasteiger partial charge in [0, 0.05) is 10.9 Å². The monoisotopic (exact) mass is 301 g/mol. The van der Waals surface area contributed by atoms with Crippen molar-refractivity contribution in [1.82, 2.24) is 4.98 Å². The van der Waals surface area contributed by atoms with Crippen molar-refractivity contribution in [2.45, 2.75) is 6.92 Å². The van der Waals surface area contributed by atoms with Gasteiger partial charge in [0.15, 0.2) is 10.9 Å². The van der Waals surface area contributed by atoms with E-state index in [1.807, 2.05) is 25.1 Å². The standard InChI is InChI=1S/C14H11N3O3S/c1-7-8-4-2-3-5-9(8)20-11(7)13(19)17-14-16-6-10(21-14)12(15)18/h2-6H,1H3,(H2,15,18)(H,16,17,19). The van der Waals surface area contributed by atoms with Crippen LogP contribution >= 0.6 is 11.3 Å². The largest absolute Gasteiger partial charge is 0.451 e. The van der Waals surface area contributed by atoms with E-state index in [-0.39, 0.29) is 10.6 Å². The summed E-state index contributed by atoms with van der Waals surface area (Å²) in [4.78, 5) is 27.4. The average molecular weight is 301 g/mol. The lowest BCUT2D eigenvalue weighted by molar-refractivity contribution is 0.0992. The van der Waals surface area contributed by atoms with Gasteiger partial charge in [0.1, 0.15) is 10.5 Å². The molecule has 6 nitrogen and oxygen atoms in total. The van der Waals surface area contributed by atoms with Crippen LogP contribution in [0.25, 0.3) is 11.0 Å². The summed E-state index contributed by atoms with van der Waals surface area (Å²) >= 11 is 1.02. The molecule has 1 aromatic carbocycles. The average Bonchev–Trinajstić information content (AvgIpc) is 3.05. The van der Waals surface area contributed by atoms with E-state index in [0.29, 0.717) is 10.7 Å². The number of nitrogens with two attached hydrogens (primary N) is 1. The van der Waals surface area contributed by atoms with Crippen LogP contribution in [0, 0.1) is 6.92 Å². The van der Waals surface area contributed by atoms with Crippen LogP contribution in [0.1, 0.15) is 25.8 Å². The smallest absolute Gasteiger partial charge is 0.293 e. The van der Waals surface area contributed by atoms with Gasteiger partial charge in [-0.05, 0) is 13.0 Å². The summed E-state index contributed by atoms with van der Waals surface area (Å²) in [5.74, 6) is -0.756. The number of carbonyl (C=O) groups excluding carboxylic acids is 2. The van der Waals surface area contributed by atoms with Gasteiger partial charge in [-0.2, -0.15) is 0 Å². The summed E-state index contributed by atoms with van der Waals surface area (Å²) < 4.78 is 5.56. The first-order valence-corrected chi connectivity index (χ1v) is 6.93. The van der Waals surface area contributed by atoms with Gasteiger partial charge < -0.3 is 10.2 Å². The number of amides is 2. The summed E-state index contributed by atoms with van der Waals surface area (Å²) in [7, 11) is 0. The molecule has 106 valence electrons. The fraction of sp³-hybridized carbons (Fsp3) is 0.0714. The highest BCUT2D eigenvalue weighted by Crippen LogP contribution is 2.26. The second-order valence-electron chi connectivity index (χ2n) is 4.40. The van der Waals surface area contributed by atoms with Crippen LogP contribution < -0.4 is 11.1 Å². The second-order valence-corrected chi connectivity index (χ2v) is 5.43. The number of primary amides is 1. The molecule has 0 aliphatic heterocycles. The summed E-state index contributed by atoms with van der Waals surface area (Å²) in [5, 5.41) is 3.79. The molecular weight excluding hydrogens is 290 g/mol. The predicted molar refractivity (Wildman–Crippen MR) is 79.5 cm³/mol. The zero-order chi connectivity index (χ0) is 15.0. The van der Waals surface area contributed by atoms with Crippen molar-refractivity contribution in [1.29, 1.82) is 0 Å². The van der Waals surface area contributed by atoms with Crippen LogP contribution in [-0.2, 0) is 0 Å². The molecule has 0 aliphatic carbocycles. The third-order valence-electron chi connectivity index (χ3n) is 3.02. The van der Waals surface area contributed by atoms with Crippen LogP contribution in [0.3, 0.4) is 0 Å². The Balaban J connectivity index is 1.89. The summed E-state index contributed by atoms with van der Waals surface area (Å²) in [6.07, 6.45) is 1.33. The number of hydrogen-bond acceptors (Lipinski definition) is 5. The number of carbonyl (C=O) groups is 2. The number of benzene rings is 1. The fourth-order valence-corrected chi connectivity index (χ4v) is 2.65. The van der Waals surface area contributed by atoms with Gasteiger partial charge >= 0.3 is 0 Å². The minimum atomic E-state index is -0.576. The normalized spacial score (nSPS) is 10.7. The van der Waals surface area contributed by atoms with Gasteiger partial charge in [0.05, 0.1) is 6.20 Å². The first kappa shape index (κ1) is 13.3. The molecule has 0 saturated heterocycles. The molecule has 0 aliphatic rings. The number of nitrogens with zero attached hydrogens (tertiary/aromatic N) is 1. The minimum Gasteiger partial charge on any atom is -0.451 e. The SMILES string of the molecule is Cc1c(C(=O)Nc2ncc(C(N)=O)s2)oc2ccccc12. The third-order valence-corrected chi connectivity index (χ3v) is 3.95. The minimum absolute atomic E-state index is 0.229. The zero-order valence-corrected chi connectivity index (χ0v) is 11.9. The Morgan fingerprint density at radius 1 is 1.33 bits per heavy atom. The predicted octanol–water partition coefficient (Wildman–Crippen LogP) is 2.55. The fourth-order valence-electron chi connectivity index (χ4n) is 1.99. The highest BCUT2D eigenvalue weighted by Gasteiger charge is 2.19. The lowest BCUT2D eigenvalue weighted by atomic mass is 10.1. The zero-order valence-electron chi connectivity index (χ0n) is 11.0. The highest BCUT2D eigenvalue weighted by atomic mass is 32.1. The molecule has 3 aromatic rings. The number of hydrogen-bond donors (Lipinski definition) is 2. The van der Waals surface area contributed by atoms with Gasteiger partial charge in [-0.15, -0.1) is 0 Å². The number of nitrogens with one attached hydrogen (secondary N) is 1. The Morgan fingerprint density at radius 2 is 2.10 bits per heavy atom. The maximum Gasteiger partial charge on any atom is 0.293 e. The summed E-state index contributed by atoms with van der Waals surface area (Å²) in [6, 6.07) is 7.41. The van der Waals surface area contributed by atoms with E-state index >= 15 is 0 Å². The van der Waals surface area contributed by atoms with Crippen molar-refractivity contribution in [3.8, 4) is 0 Å². The Kier molecular flexibility index (Phi) is 3.19. The first-order chi connectivity index (χ1) is 10.1. The number of para-hydroxylation sites is 1. The molecule has 0 fully saturated rings. The molecule has 0 radical (unpaired) electrons. The molecule has 3 N–H and O–H groups in total. The van der Waals surface area contributed by atoms with Gasteiger partial charge in [-0.1, -0.05) is 29.5 Å². The van der Waals surface area contributed by atoms with E-state index in [0.717, 1.165) is 22.3 Å². The number of thiazole rings is 1. The molecule has 2 amide bonds. The van der Waals surface area contributed by atoms with Crippen molar-refractivity contribution in [2.75, 3.05) is 5.32 Å². The number of furan rings is 1. The van der Waals surface area contributed by atoms with Gasteiger partial charge in [-0.25, -0.2) is 4.98 Å². The molecule has 0 unspecified atom stereocenters. The summed E-state index contributed by atoms with van der Waals surface area (Å²) in [6.45, 7) is 1.82. The van der Waals surface area contributed by atoms with Crippen LogP contribution in [0.15, 0.2) is 34.9 Å². The quantitative estimate of drug-likeness (QED) is 0.776. The number of aryl methyl sites for hydroxylation is 1. The van der Waals surface area contributed by atoms with Crippen molar-refractivity contribution >= 4 is 39.3 Å². The maximum absolute atomic E-state index is 12.2. The maximum atomic E-state index is 12.2. The number of aromatic nitrogens is 1. The molecule has 0 spiro atoms. The topological polar surface area (TPSA) is 98.2 Å². The van der Waals surface area contributed by atoms with Crippen molar-refractivity contribution < 1.29 is 14.0 Å². The molecule has 0 atom stereocenters. The van der Waals surface area contributed by atoms with E-state index in [4.69, 9.17) is 10.2 Å². The lowest BCUT2D eigenvalue weighted by Crippen LogP contribution is -2.11. The van der Waals surface area contributed by atoms with Crippen LogP contribution in [0.5, 0.6) is 0 Å². The van der Waals surface area contributed by atoms with Crippen molar-refractivity contribution in [3.05, 3.63) is 46.7 Å². The van der Waals surface area contributed by atoms with E-state index in [9.17, 15) is 9.59 Å². The Morgan fingerprint density at radius 3 is 2.76 bits per heavy atom. The summed E-state index contributed by atoms with van der Waals surface area (Å²) in [5.41, 5.74) is 6.55. The molecular formula is C14H11N3O3S. The molecule has 2 heterocycles. The third kappa shape index (κ3) is 2.38. The van der Waals surface area contributed by atoms with Crippen LogP contribution in [0.4, 0.5) is 5.13 Å². The Hall–Kier alpha value is -2.67. The van der Waals surface area contributed by atoms with E-state index in [1.165, 1.54) is 6.20 Å². The van der Waals surface area contributed by atoms with Crippen LogP contribution in [0.2, 0.25) is 0 Å². The number of anilines is 1. The van der Waals surface area contributed by atoms with Crippen molar-refractivity contribution in [2.24, 2.45) is 5.73 Å².